The fourth-order valence-electron chi connectivity index (χ4n) is 4.68. The molecule has 7 N–H and O–H groups in total. The average molecular weight is 593 g/mol. The molecule has 0 aliphatic rings. The van der Waals surface area contributed by atoms with Crippen molar-refractivity contribution in [2.24, 2.45) is 41.1 Å². The smallest absolute Gasteiger partial charge is 0.255 e. The van der Waals surface area contributed by atoms with Crippen LogP contribution in [-0.2, 0) is 14.3 Å². The predicted octanol–water partition coefficient (Wildman–Crippen LogP) is 3.25. The van der Waals surface area contributed by atoms with Gasteiger partial charge in [0.05, 0.1) is 18.3 Å². The zero-order valence-electron chi connectivity index (χ0n) is 26.9. The van der Waals surface area contributed by atoms with Crippen molar-refractivity contribution in [3.05, 3.63) is 29.8 Å². The lowest BCUT2D eigenvalue weighted by Crippen LogP contribution is -2.60. The molecule has 0 aliphatic carbocycles. The van der Waals surface area contributed by atoms with Crippen LogP contribution in [0.4, 0.5) is 0 Å². The normalized spacial score (nSPS) is 16.0. The van der Waals surface area contributed by atoms with Crippen LogP contribution in [0, 0.1) is 29.6 Å². The third kappa shape index (κ3) is 11.5. The fourth-order valence-corrected chi connectivity index (χ4v) is 4.68. The van der Waals surface area contributed by atoms with E-state index in [4.69, 9.17) is 20.9 Å². The molecule has 10 nitrogen and oxygen atoms in total. The Labute approximate surface area is 252 Å². The summed E-state index contributed by atoms with van der Waals surface area (Å²) in [5.41, 5.74) is 11.3. The number of nitrogens with two attached hydrogens (primary N) is 2. The molecule has 0 saturated carbocycles. The first-order valence-corrected chi connectivity index (χ1v) is 15.2. The highest BCUT2D eigenvalue weighted by molar-refractivity contribution is 5.96. The molecule has 0 bridgehead atoms. The van der Waals surface area contributed by atoms with Crippen molar-refractivity contribution in [1.82, 2.24) is 10.6 Å². The number of amides is 3. The van der Waals surface area contributed by atoms with E-state index in [2.05, 4.69) is 10.6 Å². The Morgan fingerprint density at radius 1 is 0.976 bits per heavy atom. The van der Waals surface area contributed by atoms with Crippen LogP contribution in [0.25, 0.3) is 0 Å². The van der Waals surface area contributed by atoms with E-state index in [0.29, 0.717) is 37.5 Å². The Hall–Kier alpha value is -2.69. The summed E-state index contributed by atoms with van der Waals surface area (Å²) in [5.74, 6) is -1.34. The third-order valence-corrected chi connectivity index (χ3v) is 8.36. The maximum absolute atomic E-state index is 13.2. The molecular weight excluding hydrogens is 536 g/mol. The Morgan fingerprint density at radius 3 is 2.14 bits per heavy atom. The topological polar surface area (TPSA) is 166 Å². The number of ether oxygens (including phenoxy) is 2. The van der Waals surface area contributed by atoms with E-state index in [9.17, 15) is 19.5 Å². The van der Waals surface area contributed by atoms with Crippen molar-refractivity contribution in [2.75, 3.05) is 26.9 Å². The number of nitrogens with one attached hydrogen (secondary N) is 2. The van der Waals surface area contributed by atoms with Gasteiger partial charge in [0.15, 0.2) is 0 Å². The summed E-state index contributed by atoms with van der Waals surface area (Å²) in [7, 11) is 1.66. The average Bonchev–Trinajstić information content (AvgIpc) is 2.92. The van der Waals surface area contributed by atoms with Crippen LogP contribution in [0.15, 0.2) is 24.3 Å². The molecule has 0 aliphatic heterocycles. The number of rotatable bonds is 20. The molecule has 0 saturated heterocycles. The third-order valence-electron chi connectivity index (χ3n) is 8.36. The molecule has 1 aromatic rings. The first kappa shape index (κ1) is 37.3. The second-order valence-electron chi connectivity index (χ2n) is 12.5. The minimum absolute atomic E-state index is 0.00820. The number of carbonyl (C=O) groups excluding carboxylic acids is 3. The molecule has 3 amide bonds. The number of hydrogen-bond acceptors (Lipinski definition) is 7. The van der Waals surface area contributed by atoms with Crippen molar-refractivity contribution in [2.45, 2.75) is 91.8 Å². The van der Waals surface area contributed by atoms with Crippen molar-refractivity contribution >= 4 is 17.7 Å². The zero-order valence-corrected chi connectivity index (χ0v) is 26.9. The standard InChI is InChI=1S/C32H56N4O6/c1-20(2)23(19-35-29(38)24-13-9-10-14-28(24)42-16-12-11-15-41-8)17-26(33)27(37)18-25(21(3)4)30(39)36-32(7,22(5)6)31(34)40/h9-10,13-14,20-23,25-27,37H,11-12,15-19,33H2,1-8H3,(H2,34,40)(H,35,38)(H,36,39). The van der Waals surface area contributed by atoms with Gasteiger partial charge in [-0.15, -0.1) is 0 Å². The first-order chi connectivity index (χ1) is 19.6. The van der Waals surface area contributed by atoms with Gasteiger partial charge in [0.2, 0.25) is 11.8 Å². The number of methoxy groups -OCH3 is 1. The van der Waals surface area contributed by atoms with Gasteiger partial charge >= 0.3 is 0 Å². The van der Waals surface area contributed by atoms with Crippen LogP contribution < -0.4 is 26.8 Å². The van der Waals surface area contributed by atoms with Crippen LogP contribution in [0.1, 0.15) is 84.5 Å². The summed E-state index contributed by atoms with van der Waals surface area (Å²) in [5, 5.41) is 16.9. The number of para-hydroxylation sites is 1. The number of benzene rings is 1. The van der Waals surface area contributed by atoms with E-state index in [-0.39, 0.29) is 41.9 Å². The maximum atomic E-state index is 13.2. The van der Waals surface area contributed by atoms with E-state index in [1.165, 1.54) is 0 Å². The molecule has 0 aromatic heterocycles. The van der Waals surface area contributed by atoms with Gasteiger partial charge in [0.1, 0.15) is 11.3 Å². The van der Waals surface area contributed by atoms with E-state index in [1.54, 1.807) is 32.2 Å². The summed E-state index contributed by atoms with van der Waals surface area (Å²) in [4.78, 5) is 38.4. The molecule has 0 spiro atoms. The summed E-state index contributed by atoms with van der Waals surface area (Å²) in [6, 6.07) is 6.54. The van der Waals surface area contributed by atoms with E-state index < -0.39 is 29.5 Å². The van der Waals surface area contributed by atoms with Crippen LogP contribution in [0.3, 0.4) is 0 Å². The molecule has 10 heteroatoms. The second kappa shape index (κ2) is 18.1. The van der Waals surface area contributed by atoms with Gasteiger partial charge in [-0.2, -0.15) is 0 Å². The van der Waals surface area contributed by atoms with Crippen molar-refractivity contribution < 1.29 is 29.0 Å². The number of aliphatic hydroxyl groups excluding tert-OH is 1. The molecule has 0 fully saturated rings. The molecule has 0 radical (unpaired) electrons. The van der Waals surface area contributed by atoms with Gasteiger partial charge in [-0.3, -0.25) is 14.4 Å². The molecule has 1 rings (SSSR count). The number of carbonyl (C=O) groups is 3. The van der Waals surface area contributed by atoms with Crippen LogP contribution in [-0.4, -0.2) is 67.4 Å². The van der Waals surface area contributed by atoms with Gasteiger partial charge in [0, 0.05) is 32.2 Å². The van der Waals surface area contributed by atoms with E-state index in [1.807, 2.05) is 47.6 Å². The fraction of sp³-hybridized carbons (Fsp3) is 0.719. The van der Waals surface area contributed by atoms with Gasteiger partial charge in [-0.05, 0) is 68.4 Å². The Balaban J connectivity index is 2.83. The molecular formula is C32H56N4O6. The molecule has 42 heavy (non-hydrogen) atoms. The number of unbranched alkanes of at least 4 members (excludes halogenated alkanes) is 1. The van der Waals surface area contributed by atoms with Crippen LogP contribution in [0.2, 0.25) is 0 Å². The van der Waals surface area contributed by atoms with Crippen LogP contribution in [0.5, 0.6) is 5.75 Å². The quantitative estimate of drug-likeness (QED) is 0.145. The highest BCUT2D eigenvalue weighted by atomic mass is 16.5. The van der Waals surface area contributed by atoms with Crippen LogP contribution >= 0.6 is 0 Å². The maximum Gasteiger partial charge on any atom is 0.255 e. The minimum Gasteiger partial charge on any atom is -0.493 e. The Bertz CT molecular complexity index is 986. The summed E-state index contributed by atoms with van der Waals surface area (Å²) < 4.78 is 10.9. The minimum atomic E-state index is -1.20. The van der Waals surface area contributed by atoms with E-state index >= 15 is 0 Å². The zero-order chi connectivity index (χ0) is 32.0. The molecule has 240 valence electrons. The molecule has 5 unspecified atom stereocenters. The number of hydrogen-bond donors (Lipinski definition) is 5. The first-order valence-electron chi connectivity index (χ1n) is 15.2. The van der Waals surface area contributed by atoms with Gasteiger partial charge in [-0.1, -0.05) is 53.7 Å². The highest BCUT2D eigenvalue weighted by Gasteiger charge is 2.39. The van der Waals surface area contributed by atoms with Crippen molar-refractivity contribution in [1.29, 1.82) is 0 Å². The molecule has 1 aromatic carbocycles. The summed E-state index contributed by atoms with van der Waals surface area (Å²) >= 11 is 0. The summed E-state index contributed by atoms with van der Waals surface area (Å²) in [6.45, 7) is 14.7. The van der Waals surface area contributed by atoms with Gasteiger partial charge in [-0.25, -0.2) is 0 Å². The lowest BCUT2D eigenvalue weighted by atomic mass is 9.81. The predicted molar refractivity (Wildman–Crippen MR) is 166 cm³/mol. The molecule has 5 atom stereocenters. The Kier molecular flexibility index (Phi) is 16.1. The second-order valence-corrected chi connectivity index (χ2v) is 12.5. The lowest BCUT2D eigenvalue weighted by molar-refractivity contribution is -0.136. The van der Waals surface area contributed by atoms with Gasteiger partial charge in [0.25, 0.3) is 5.91 Å². The number of aliphatic hydroxyl groups is 1. The van der Waals surface area contributed by atoms with Gasteiger partial charge < -0.3 is 36.7 Å². The number of primary amides is 1. The lowest BCUT2D eigenvalue weighted by Gasteiger charge is -2.35. The van der Waals surface area contributed by atoms with Crippen molar-refractivity contribution in [3.63, 3.8) is 0 Å². The largest absolute Gasteiger partial charge is 0.493 e. The summed E-state index contributed by atoms with van der Waals surface area (Å²) in [6.07, 6.45) is 1.34. The molecule has 0 heterocycles. The van der Waals surface area contributed by atoms with Crippen molar-refractivity contribution in [3.8, 4) is 5.75 Å². The van der Waals surface area contributed by atoms with E-state index in [0.717, 1.165) is 12.8 Å². The highest BCUT2D eigenvalue weighted by Crippen LogP contribution is 2.25. The monoisotopic (exact) mass is 592 g/mol. The SMILES string of the molecule is COCCCCOc1ccccc1C(=O)NCC(CC(N)C(O)CC(C(=O)NC(C)(C(N)=O)C(C)C)C(C)C)C(C)C. The Morgan fingerprint density at radius 2 is 1.60 bits per heavy atom.